The quantitative estimate of drug-likeness (QED) is 0.837. The van der Waals surface area contributed by atoms with E-state index in [0.717, 1.165) is 11.1 Å². The highest BCUT2D eigenvalue weighted by atomic mass is 32.2. The maximum absolute atomic E-state index is 12.2. The van der Waals surface area contributed by atoms with Crippen molar-refractivity contribution in [3.05, 3.63) is 65.7 Å². The molecule has 2 rings (SSSR count). The minimum Gasteiger partial charge on any atom is -0.383 e. The van der Waals surface area contributed by atoms with Crippen molar-refractivity contribution in [1.82, 2.24) is 5.32 Å². The molecule has 0 bridgehead atoms. The van der Waals surface area contributed by atoms with Crippen molar-refractivity contribution in [3.8, 4) is 0 Å². The van der Waals surface area contributed by atoms with Gasteiger partial charge < -0.3 is 10.4 Å². The molecule has 0 saturated carbocycles. The van der Waals surface area contributed by atoms with Crippen molar-refractivity contribution in [2.75, 3.05) is 5.88 Å². The molecule has 2 aromatic carbocycles. The molecule has 1 amide bonds. The Bertz CT molecular complexity index is 786. The van der Waals surface area contributed by atoms with Gasteiger partial charge in [0.2, 0.25) is 5.91 Å². The van der Waals surface area contributed by atoms with Gasteiger partial charge in [-0.15, -0.1) is 0 Å². The van der Waals surface area contributed by atoms with Gasteiger partial charge in [0, 0.05) is 5.92 Å². The average Bonchev–Trinajstić information content (AvgIpc) is 2.59. The van der Waals surface area contributed by atoms with Crippen LogP contribution in [0, 0.1) is 6.92 Å². The van der Waals surface area contributed by atoms with Gasteiger partial charge in [-0.2, -0.15) is 0 Å². The number of carbonyl (C=O) groups is 1. The molecule has 2 atom stereocenters. The first-order chi connectivity index (χ1) is 11.3. The molecular weight excluding hydrogens is 326 g/mol. The van der Waals surface area contributed by atoms with E-state index in [2.05, 4.69) is 5.32 Å². The average molecular weight is 347 g/mol. The molecule has 5 nitrogen and oxygen atoms in total. The first-order valence-corrected chi connectivity index (χ1v) is 9.26. The lowest BCUT2D eigenvalue weighted by Gasteiger charge is -2.18. The molecule has 6 heteroatoms. The van der Waals surface area contributed by atoms with Crippen LogP contribution in [-0.2, 0) is 14.6 Å². The summed E-state index contributed by atoms with van der Waals surface area (Å²) in [5, 5.41) is 12.4. The number of nitrogens with one attached hydrogen (secondary N) is 1. The van der Waals surface area contributed by atoms with E-state index in [1.165, 1.54) is 12.1 Å². The fourth-order valence-corrected chi connectivity index (χ4v) is 3.32. The van der Waals surface area contributed by atoms with Crippen LogP contribution in [0.25, 0.3) is 0 Å². The molecule has 128 valence electrons. The normalized spacial score (nSPS) is 14.0. The number of benzene rings is 2. The van der Waals surface area contributed by atoms with Crippen molar-refractivity contribution in [1.29, 1.82) is 0 Å². The second kappa shape index (κ2) is 7.59. The van der Waals surface area contributed by atoms with Crippen LogP contribution in [0.4, 0.5) is 0 Å². The Morgan fingerprint density at radius 1 is 1.08 bits per heavy atom. The van der Waals surface area contributed by atoms with E-state index in [0.29, 0.717) is 0 Å². The molecule has 0 aliphatic rings. The third kappa shape index (κ3) is 4.43. The van der Waals surface area contributed by atoms with E-state index in [4.69, 9.17) is 0 Å². The van der Waals surface area contributed by atoms with Gasteiger partial charge in [-0.25, -0.2) is 8.42 Å². The molecule has 0 aliphatic heterocycles. The van der Waals surface area contributed by atoms with Gasteiger partial charge in [0.15, 0.2) is 9.84 Å². The van der Waals surface area contributed by atoms with Crippen LogP contribution in [0.5, 0.6) is 0 Å². The summed E-state index contributed by atoms with van der Waals surface area (Å²) >= 11 is 0. The Kier molecular flexibility index (Phi) is 5.75. The van der Waals surface area contributed by atoms with Gasteiger partial charge in [-0.3, -0.25) is 4.79 Å². The fraction of sp³-hybridized carbons (Fsp3) is 0.278. The van der Waals surface area contributed by atoms with Gasteiger partial charge in [-0.1, -0.05) is 55.0 Å². The highest BCUT2D eigenvalue weighted by molar-refractivity contribution is 7.91. The van der Waals surface area contributed by atoms with E-state index in [9.17, 15) is 18.3 Å². The predicted molar refractivity (Wildman–Crippen MR) is 92.2 cm³/mol. The molecule has 2 N–H and O–H groups in total. The van der Waals surface area contributed by atoms with Crippen LogP contribution in [0.2, 0.25) is 0 Å². The SMILES string of the molecule is Cc1ccc(S(=O)(=O)CNC(=O)C(O)C(C)c2ccccc2)cc1. The molecule has 0 fully saturated rings. The van der Waals surface area contributed by atoms with Crippen molar-refractivity contribution >= 4 is 15.7 Å². The zero-order chi connectivity index (χ0) is 17.7. The van der Waals surface area contributed by atoms with Crippen molar-refractivity contribution in [2.24, 2.45) is 0 Å². The number of sulfone groups is 1. The summed E-state index contributed by atoms with van der Waals surface area (Å²) in [6.45, 7) is 3.58. The van der Waals surface area contributed by atoms with E-state index < -0.39 is 33.6 Å². The zero-order valence-electron chi connectivity index (χ0n) is 13.6. The summed E-state index contributed by atoms with van der Waals surface area (Å²) < 4.78 is 24.4. The van der Waals surface area contributed by atoms with E-state index in [-0.39, 0.29) is 4.90 Å². The molecule has 0 heterocycles. The lowest BCUT2D eigenvalue weighted by molar-refractivity contribution is -0.129. The number of carbonyl (C=O) groups excluding carboxylic acids is 1. The Hall–Kier alpha value is -2.18. The summed E-state index contributed by atoms with van der Waals surface area (Å²) in [7, 11) is -3.64. The van der Waals surface area contributed by atoms with Crippen LogP contribution in [0.15, 0.2) is 59.5 Å². The number of aryl methyl sites for hydroxylation is 1. The Morgan fingerprint density at radius 2 is 1.67 bits per heavy atom. The first kappa shape index (κ1) is 18.2. The molecule has 0 aliphatic carbocycles. The van der Waals surface area contributed by atoms with E-state index >= 15 is 0 Å². The van der Waals surface area contributed by atoms with Crippen LogP contribution >= 0.6 is 0 Å². The largest absolute Gasteiger partial charge is 0.383 e. The molecule has 0 radical (unpaired) electrons. The van der Waals surface area contributed by atoms with E-state index in [1.54, 1.807) is 19.1 Å². The minimum atomic E-state index is -3.64. The maximum Gasteiger partial charge on any atom is 0.250 e. The second-order valence-electron chi connectivity index (χ2n) is 5.76. The molecule has 2 unspecified atom stereocenters. The highest BCUT2D eigenvalue weighted by Gasteiger charge is 2.25. The smallest absolute Gasteiger partial charge is 0.250 e. The minimum absolute atomic E-state index is 0.138. The Labute approximate surface area is 142 Å². The number of rotatable bonds is 6. The lowest BCUT2D eigenvalue weighted by Crippen LogP contribution is -2.40. The van der Waals surface area contributed by atoms with Gasteiger partial charge in [-0.05, 0) is 24.6 Å². The van der Waals surface area contributed by atoms with Crippen LogP contribution < -0.4 is 5.32 Å². The summed E-state index contributed by atoms with van der Waals surface area (Å²) in [6, 6.07) is 15.5. The third-order valence-corrected chi connectivity index (χ3v) is 5.40. The number of hydrogen-bond donors (Lipinski definition) is 2. The highest BCUT2D eigenvalue weighted by Crippen LogP contribution is 2.19. The molecule has 24 heavy (non-hydrogen) atoms. The second-order valence-corrected chi connectivity index (χ2v) is 7.75. The summed E-state index contributed by atoms with van der Waals surface area (Å²) in [4.78, 5) is 12.2. The Balaban J connectivity index is 2.00. The topological polar surface area (TPSA) is 83.5 Å². The standard InChI is InChI=1S/C18H21NO4S/c1-13-8-10-16(11-9-13)24(22,23)12-19-18(21)17(20)14(2)15-6-4-3-5-7-15/h3-11,14,17,20H,12H2,1-2H3,(H,19,21). The molecule has 2 aromatic rings. The van der Waals surface area contributed by atoms with Gasteiger partial charge in [0.1, 0.15) is 12.0 Å². The third-order valence-electron chi connectivity index (χ3n) is 3.88. The summed E-state index contributed by atoms with van der Waals surface area (Å²) in [5.74, 6) is -1.69. The van der Waals surface area contributed by atoms with Crippen molar-refractivity contribution < 1.29 is 18.3 Å². The molecule has 0 spiro atoms. The summed E-state index contributed by atoms with van der Waals surface area (Å²) in [6.07, 6.45) is -1.32. The maximum atomic E-state index is 12.2. The Morgan fingerprint density at radius 3 is 2.25 bits per heavy atom. The molecular formula is C18H21NO4S. The number of aliphatic hydroxyl groups is 1. The lowest BCUT2D eigenvalue weighted by atomic mass is 9.95. The molecule has 0 aromatic heterocycles. The zero-order valence-corrected chi connectivity index (χ0v) is 14.5. The van der Waals surface area contributed by atoms with Crippen LogP contribution in [-0.4, -0.2) is 31.4 Å². The number of amides is 1. The van der Waals surface area contributed by atoms with Crippen molar-refractivity contribution in [3.63, 3.8) is 0 Å². The van der Waals surface area contributed by atoms with Crippen molar-refractivity contribution in [2.45, 2.75) is 30.8 Å². The monoisotopic (exact) mass is 347 g/mol. The number of hydrogen-bond acceptors (Lipinski definition) is 4. The number of aliphatic hydroxyl groups excluding tert-OH is 1. The van der Waals surface area contributed by atoms with Gasteiger partial charge in [0.25, 0.3) is 0 Å². The van der Waals surface area contributed by atoms with Crippen LogP contribution in [0.1, 0.15) is 24.0 Å². The molecule has 0 saturated heterocycles. The van der Waals surface area contributed by atoms with E-state index in [1.807, 2.05) is 37.3 Å². The fourth-order valence-electron chi connectivity index (χ4n) is 2.27. The predicted octanol–water partition coefficient (Wildman–Crippen LogP) is 2.01. The van der Waals surface area contributed by atoms with Gasteiger partial charge >= 0.3 is 0 Å². The summed E-state index contributed by atoms with van der Waals surface area (Å²) in [5.41, 5.74) is 1.76. The van der Waals surface area contributed by atoms with Gasteiger partial charge in [0.05, 0.1) is 4.90 Å². The van der Waals surface area contributed by atoms with Crippen LogP contribution in [0.3, 0.4) is 0 Å². The first-order valence-electron chi connectivity index (χ1n) is 7.61.